The molecule has 0 fully saturated rings. The highest BCUT2D eigenvalue weighted by molar-refractivity contribution is 7.89. The van der Waals surface area contributed by atoms with Gasteiger partial charge in [-0.15, -0.1) is 0 Å². The van der Waals surface area contributed by atoms with Gasteiger partial charge in [-0.25, -0.2) is 23.5 Å². The average molecular weight is 379 g/mol. The van der Waals surface area contributed by atoms with Crippen molar-refractivity contribution >= 4 is 27.6 Å². The molecule has 1 heterocycles. The number of amides is 1. The number of primary sulfonamides is 1. The van der Waals surface area contributed by atoms with Crippen molar-refractivity contribution in [3.8, 4) is 5.75 Å². The molecule has 2 rings (SSSR count). The van der Waals surface area contributed by atoms with Crippen LogP contribution in [0.15, 0.2) is 35.4 Å². The van der Waals surface area contributed by atoms with Gasteiger partial charge in [-0.05, 0) is 38.1 Å². The summed E-state index contributed by atoms with van der Waals surface area (Å²) in [5, 5.41) is 10.6. The number of methoxy groups -OCH3 is 1. The second-order valence-corrected chi connectivity index (χ2v) is 7.57. The summed E-state index contributed by atoms with van der Waals surface area (Å²) >= 11 is 0. The molecular formula is C16H21N5O4S. The van der Waals surface area contributed by atoms with Gasteiger partial charge in [0.1, 0.15) is 5.69 Å². The van der Waals surface area contributed by atoms with Crippen molar-refractivity contribution < 1.29 is 17.9 Å². The van der Waals surface area contributed by atoms with E-state index in [1.807, 2.05) is 0 Å². The number of nitrogens with one attached hydrogen (secondary N) is 2. The van der Waals surface area contributed by atoms with Crippen LogP contribution in [0.5, 0.6) is 5.75 Å². The van der Waals surface area contributed by atoms with Crippen LogP contribution in [0.2, 0.25) is 0 Å². The molecule has 1 aromatic carbocycles. The summed E-state index contributed by atoms with van der Waals surface area (Å²) in [5.74, 6) is 0.396. The van der Waals surface area contributed by atoms with Crippen molar-refractivity contribution in [2.24, 2.45) is 5.14 Å². The molecule has 140 valence electrons. The summed E-state index contributed by atoms with van der Waals surface area (Å²) in [5.41, 5.74) is 0.0287. The second-order valence-electron chi connectivity index (χ2n) is 6.01. The fourth-order valence-electron chi connectivity index (χ4n) is 2.31. The van der Waals surface area contributed by atoms with Gasteiger partial charge in [0.25, 0.3) is 0 Å². The molecule has 0 bridgehead atoms. The van der Waals surface area contributed by atoms with E-state index < -0.39 is 15.4 Å². The van der Waals surface area contributed by atoms with Crippen molar-refractivity contribution in [2.45, 2.75) is 24.2 Å². The van der Waals surface area contributed by atoms with Gasteiger partial charge < -0.3 is 15.4 Å². The van der Waals surface area contributed by atoms with Gasteiger partial charge in [-0.2, -0.15) is 0 Å². The minimum absolute atomic E-state index is 0.000128. The van der Waals surface area contributed by atoms with E-state index in [4.69, 9.17) is 9.88 Å². The number of sulfonamides is 1. The molecule has 0 aliphatic heterocycles. The molecule has 10 heteroatoms. The first-order chi connectivity index (χ1) is 12.1. The van der Waals surface area contributed by atoms with Crippen LogP contribution in [0.25, 0.3) is 0 Å². The SMILES string of the molecule is CNC(=O)C(C)(C)c1nc(Nc2ccc(S(N)(=O)=O)cc2)ncc1OC. The topological polar surface area (TPSA) is 136 Å². The number of hydrogen-bond acceptors (Lipinski definition) is 7. The monoisotopic (exact) mass is 379 g/mol. The Balaban J connectivity index is 2.37. The van der Waals surface area contributed by atoms with E-state index in [2.05, 4.69) is 20.6 Å². The smallest absolute Gasteiger partial charge is 0.238 e. The average Bonchev–Trinajstić information content (AvgIpc) is 2.60. The van der Waals surface area contributed by atoms with Gasteiger partial charge in [0, 0.05) is 12.7 Å². The number of rotatable bonds is 6. The minimum atomic E-state index is -3.76. The zero-order chi connectivity index (χ0) is 19.5. The summed E-state index contributed by atoms with van der Waals surface area (Å²) in [6.07, 6.45) is 1.47. The highest BCUT2D eigenvalue weighted by atomic mass is 32.2. The number of benzene rings is 1. The maximum atomic E-state index is 12.2. The number of carbonyl (C=O) groups is 1. The molecule has 0 radical (unpaired) electrons. The van der Waals surface area contributed by atoms with Crippen LogP contribution < -0.4 is 20.5 Å². The summed E-state index contributed by atoms with van der Waals surface area (Å²) in [7, 11) is -0.741. The Bertz CT molecular complexity index is 911. The van der Waals surface area contributed by atoms with Gasteiger partial charge in [-0.3, -0.25) is 4.79 Å². The maximum Gasteiger partial charge on any atom is 0.238 e. The Labute approximate surface area is 152 Å². The third-order valence-corrected chi connectivity index (χ3v) is 4.73. The minimum Gasteiger partial charge on any atom is -0.493 e. The lowest BCUT2D eigenvalue weighted by molar-refractivity contribution is -0.125. The molecule has 26 heavy (non-hydrogen) atoms. The van der Waals surface area contributed by atoms with Gasteiger partial charge in [-0.1, -0.05) is 0 Å². The number of likely N-dealkylation sites (N-methyl/N-ethyl adjacent to an activating group) is 1. The Morgan fingerprint density at radius 2 is 1.85 bits per heavy atom. The first-order valence-corrected chi connectivity index (χ1v) is 9.18. The number of carbonyl (C=O) groups excluding carboxylic acids is 1. The molecule has 0 unspecified atom stereocenters. The van der Waals surface area contributed by atoms with Gasteiger partial charge in [0.15, 0.2) is 5.75 Å². The van der Waals surface area contributed by atoms with E-state index >= 15 is 0 Å². The fraction of sp³-hybridized carbons (Fsp3) is 0.312. The van der Waals surface area contributed by atoms with Crippen LogP contribution in [0, 0.1) is 0 Å². The van der Waals surface area contributed by atoms with E-state index in [0.717, 1.165) is 0 Å². The highest BCUT2D eigenvalue weighted by Gasteiger charge is 2.34. The molecule has 1 amide bonds. The number of hydrogen-bond donors (Lipinski definition) is 3. The van der Waals surface area contributed by atoms with E-state index in [9.17, 15) is 13.2 Å². The Morgan fingerprint density at radius 3 is 2.35 bits per heavy atom. The highest BCUT2D eigenvalue weighted by Crippen LogP contribution is 2.31. The number of ether oxygens (including phenoxy) is 1. The first-order valence-electron chi connectivity index (χ1n) is 7.63. The molecule has 0 spiro atoms. The summed E-state index contributed by atoms with van der Waals surface area (Å²) in [6.45, 7) is 3.45. The zero-order valence-electron chi connectivity index (χ0n) is 14.9. The van der Waals surface area contributed by atoms with E-state index in [-0.39, 0.29) is 16.8 Å². The van der Waals surface area contributed by atoms with Gasteiger partial charge in [0.2, 0.25) is 21.9 Å². The summed E-state index contributed by atoms with van der Waals surface area (Å²) < 4.78 is 27.9. The first kappa shape index (κ1) is 19.6. The summed E-state index contributed by atoms with van der Waals surface area (Å²) in [6, 6.07) is 5.82. The van der Waals surface area contributed by atoms with Gasteiger partial charge >= 0.3 is 0 Å². The lowest BCUT2D eigenvalue weighted by atomic mass is 9.87. The zero-order valence-corrected chi connectivity index (χ0v) is 15.7. The predicted molar refractivity (Wildman–Crippen MR) is 96.8 cm³/mol. The number of anilines is 2. The quantitative estimate of drug-likeness (QED) is 0.678. The van der Waals surface area contributed by atoms with Crippen LogP contribution in [-0.2, 0) is 20.2 Å². The number of aromatic nitrogens is 2. The maximum absolute atomic E-state index is 12.2. The molecular weight excluding hydrogens is 358 g/mol. The molecule has 2 aromatic rings. The van der Waals surface area contributed by atoms with E-state index in [0.29, 0.717) is 17.1 Å². The molecule has 1 aromatic heterocycles. The Kier molecular flexibility index (Phi) is 5.47. The van der Waals surface area contributed by atoms with Crippen LogP contribution in [0.3, 0.4) is 0 Å². The predicted octanol–water partition coefficient (Wildman–Crippen LogP) is 0.900. The Hall–Kier alpha value is -2.72. The van der Waals surface area contributed by atoms with Crippen molar-refractivity contribution in [1.29, 1.82) is 0 Å². The largest absolute Gasteiger partial charge is 0.493 e. The van der Waals surface area contributed by atoms with Crippen LogP contribution in [-0.4, -0.2) is 38.5 Å². The molecule has 0 aliphatic carbocycles. The lowest BCUT2D eigenvalue weighted by Crippen LogP contribution is -2.39. The number of nitrogens with zero attached hydrogens (tertiary/aromatic N) is 2. The third kappa shape index (κ3) is 4.09. The lowest BCUT2D eigenvalue weighted by Gasteiger charge is -2.24. The summed E-state index contributed by atoms with van der Waals surface area (Å²) in [4.78, 5) is 20.7. The molecule has 0 saturated carbocycles. The molecule has 9 nitrogen and oxygen atoms in total. The number of nitrogens with two attached hydrogens (primary N) is 1. The van der Waals surface area contributed by atoms with Crippen molar-refractivity contribution in [3.63, 3.8) is 0 Å². The molecule has 0 aliphatic rings. The molecule has 0 saturated heterocycles. The molecule has 0 atom stereocenters. The van der Waals surface area contributed by atoms with E-state index in [1.165, 1.54) is 37.6 Å². The normalized spacial score (nSPS) is 11.7. The van der Waals surface area contributed by atoms with Crippen LogP contribution in [0.4, 0.5) is 11.6 Å². The van der Waals surface area contributed by atoms with Crippen molar-refractivity contribution in [2.75, 3.05) is 19.5 Å². The second kappa shape index (κ2) is 7.26. The standard InChI is InChI=1S/C16H21N5O4S/c1-16(2,14(22)18-3)13-12(25-4)9-19-15(21-13)20-10-5-7-11(8-6-10)26(17,23)24/h5-9H,1-4H3,(H,18,22)(H2,17,23,24)(H,19,20,21). The van der Waals surface area contributed by atoms with E-state index in [1.54, 1.807) is 20.9 Å². The van der Waals surface area contributed by atoms with Crippen LogP contribution >= 0.6 is 0 Å². The van der Waals surface area contributed by atoms with Crippen LogP contribution in [0.1, 0.15) is 19.5 Å². The van der Waals surface area contributed by atoms with Crippen molar-refractivity contribution in [3.05, 3.63) is 36.2 Å². The molecule has 4 N–H and O–H groups in total. The third-order valence-electron chi connectivity index (χ3n) is 3.80. The van der Waals surface area contributed by atoms with Crippen molar-refractivity contribution in [1.82, 2.24) is 15.3 Å². The Morgan fingerprint density at radius 1 is 1.23 bits per heavy atom. The van der Waals surface area contributed by atoms with Gasteiger partial charge in [0.05, 0.1) is 23.6 Å². The fourth-order valence-corrected chi connectivity index (χ4v) is 2.82.